The molecule has 0 fully saturated rings. The van der Waals surface area contributed by atoms with E-state index < -0.39 is 5.91 Å². The van der Waals surface area contributed by atoms with Crippen molar-refractivity contribution < 1.29 is 34.3 Å². The number of carbonyl (C=O) groups is 2. The lowest BCUT2D eigenvalue weighted by molar-refractivity contribution is -0.129. The zero-order valence-corrected chi connectivity index (χ0v) is 21.9. The Kier molecular flexibility index (Phi) is 10.1. The molecule has 10 nitrogen and oxygen atoms in total. The van der Waals surface area contributed by atoms with Gasteiger partial charge in [0.2, 0.25) is 5.91 Å². The predicted octanol–water partition coefficient (Wildman–Crippen LogP) is 5.13. The maximum Gasteiger partial charge on any atom is 0.274 e. The maximum absolute atomic E-state index is 12.8. The molecule has 2 aromatic carbocycles. The van der Waals surface area contributed by atoms with Crippen LogP contribution in [0.3, 0.4) is 0 Å². The predicted molar refractivity (Wildman–Crippen MR) is 141 cm³/mol. The summed E-state index contributed by atoms with van der Waals surface area (Å²) in [4.78, 5) is 23.8. The van der Waals surface area contributed by atoms with E-state index in [0.29, 0.717) is 54.0 Å². The minimum atomic E-state index is -0.406. The van der Waals surface area contributed by atoms with Gasteiger partial charge in [-0.05, 0) is 55.0 Å². The summed E-state index contributed by atoms with van der Waals surface area (Å²) in [5.74, 6) is -0.146. The summed E-state index contributed by atoms with van der Waals surface area (Å²) >= 11 is 0. The number of phenols is 2. The Labute approximate surface area is 221 Å². The maximum atomic E-state index is 12.8. The Bertz CT molecular complexity index is 1240. The zero-order valence-electron chi connectivity index (χ0n) is 21.9. The van der Waals surface area contributed by atoms with Gasteiger partial charge in [0.05, 0.1) is 17.7 Å². The van der Waals surface area contributed by atoms with Gasteiger partial charge in [-0.25, -0.2) is 5.48 Å². The van der Waals surface area contributed by atoms with Crippen LogP contribution in [0.5, 0.6) is 17.2 Å². The summed E-state index contributed by atoms with van der Waals surface area (Å²) in [6.45, 7) is 6.56. The van der Waals surface area contributed by atoms with Crippen molar-refractivity contribution in [2.75, 3.05) is 13.2 Å². The Hall–Kier alpha value is -4.05. The van der Waals surface area contributed by atoms with Crippen molar-refractivity contribution in [2.45, 2.75) is 58.8 Å². The molecule has 0 radical (unpaired) electrons. The second kappa shape index (κ2) is 13.5. The Morgan fingerprint density at radius 2 is 1.74 bits per heavy atom. The molecule has 0 unspecified atom stereocenters. The monoisotopic (exact) mass is 525 g/mol. The molecule has 0 bridgehead atoms. The highest BCUT2D eigenvalue weighted by Crippen LogP contribution is 2.43. The van der Waals surface area contributed by atoms with Gasteiger partial charge in [-0.1, -0.05) is 44.0 Å². The normalized spacial score (nSPS) is 11.0. The van der Waals surface area contributed by atoms with Crippen LogP contribution in [-0.2, 0) is 4.79 Å². The van der Waals surface area contributed by atoms with Crippen LogP contribution in [0.2, 0.25) is 0 Å². The number of aromatic hydroxyl groups is 2. The van der Waals surface area contributed by atoms with E-state index in [4.69, 9.17) is 14.5 Å². The zero-order chi connectivity index (χ0) is 27.7. The topological polar surface area (TPSA) is 154 Å². The average molecular weight is 526 g/mol. The number of hydrogen-bond donors (Lipinski definition) is 5. The lowest BCUT2D eigenvalue weighted by Gasteiger charge is -2.13. The first-order valence-electron chi connectivity index (χ1n) is 12.8. The minimum Gasteiger partial charge on any atom is -0.508 e. The van der Waals surface area contributed by atoms with Crippen molar-refractivity contribution in [3.63, 3.8) is 0 Å². The Balaban J connectivity index is 1.81. The van der Waals surface area contributed by atoms with Crippen LogP contribution >= 0.6 is 0 Å². The lowest BCUT2D eigenvalue weighted by Crippen LogP contribution is -2.23. The molecular formula is C28H35N3O7. The number of benzene rings is 2. The molecule has 2 amide bonds. The summed E-state index contributed by atoms with van der Waals surface area (Å²) in [5.41, 5.74) is 3.73. The molecule has 0 aliphatic heterocycles. The number of hydrogen-bond acceptors (Lipinski definition) is 8. The number of unbranched alkanes of at least 4 members (excludes halogenated alkanes) is 3. The van der Waals surface area contributed by atoms with Crippen LogP contribution in [0.15, 0.2) is 40.9 Å². The number of carbonyl (C=O) groups excluding carboxylic acids is 2. The number of hydroxylamine groups is 1. The molecule has 0 atom stereocenters. The number of nitrogens with one attached hydrogen (secondary N) is 2. The van der Waals surface area contributed by atoms with Gasteiger partial charge in [0.1, 0.15) is 17.2 Å². The van der Waals surface area contributed by atoms with Gasteiger partial charge in [0.25, 0.3) is 5.91 Å². The molecule has 1 aromatic heterocycles. The van der Waals surface area contributed by atoms with E-state index >= 15 is 0 Å². The van der Waals surface area contributed by atoms with E-state index in [1.807, 2.05) is 13.8 Å². The summed E-state index contributed by atoms with van der Waals surface area (Å²) in [7, 11) is 0. The molecule has 0 saturated carbocycles. The van der Waals surface area contributed by atoms with Crippen LogP contribution in [0.4, 0.5) is 0 Å². The molecule has 0 aliphatic carbocycles. The largest absolute Gasteiger partial charge is 0.508 e. The third-order valence-electron chi connectivity index (χ3n) is 6.09. The van der Waals surface area contributed by atoms with Crippen LogP contribution in [0.25, 0.3) is 22.5 Å². The number of ether oxygens (including phenoxy) is 1. The molecule has 3 aromatic rings. The van der Waals surface area contributed by atoms with Crippen molar-refractivity contribution in [1.82, 2.24) is 16.0 Å². The molecule has 38 heavy (non-hydrogen) atoms. The van der Waals surface area contributed by atoms with Gasteiger partial charge < -0.3 is 24.8 Å². The summed E-state index contributed by atoms with van der Waals surface area (Å²) in [6.07, 6.45) is 3.56. The van der Waals surface area contributed by atoms with Gasteiger partial charge in [0, 0.05) is 19.0 Å². The average Bonchev–Trinajstić information content (AvgIpc) is 3.33. The van der Waals surface area contributed by atoms with E-state index in [9.17, 15) is 19.8 Å². The number of rotatable bonds is 13. The van der Waals surface area contributed by atoms with E-state index in [-0.39, 0.29) is 34.8 Å². The molecule has 204 valence electrons. The molecule has 1 heterocycles. The van der Waals surface area contributed by atoms with Crippen LogP contribution in [0.1, 0.15) is 74.8 Å². The number of phenolic OH excluding ortho intramolecular Hbond substituents is 2. The third-order valence-corrected chi connectivity index (χ3v) is 6.09. The van der Waals surface area contributed by atoms with Crippen molar-refractivity contribution in [1.29, 1.82) is 0 Å². The van der Waals surface area contributed by atoms with Crippen molar-refractivity contribution >= 4 is 11.8 Å². The van der Waals surface area contributed by atoms with Crippen LogP contribution < -0.4 is 15.5 Å². The number of amides is 2. The minimum absolute atomic E-state index is 0.0138. The van der Waals surface area contributed by atoms with Gasteiger partial charge in [-0.2, -0.15) is 0 Å². The second-order valence-electron chi connectivity index (χ2n) is 9.25. The van der Waals surface area contributed by atoms with Crippen LogP contribution in [0, 0.1) is 0 Å². The summed E-state index contributed by atoms with van der Waals surface area (Å²) < 4.78 is 11.4. The highest BCUT2D eigenvalue weighted by atomic mass is 16.5. The van der Waals surface area contributed by atoms with Gasteiger partial charge >= 0.3 is 0 Å². The fourth-order valence-corrected chi connectivity index (χ4v) is 4.08. The van der Waals surface area contributed by atoms with Crippen molar-refractivity contribution in [2.24, 2.45) is 0 Å². The van der Waals surface area contributed by atoms with Gasteiger partial charge in [0.15, 0.2) is 11.5 Å². The molecule has 0 aliphatic rings. The quantitative estimate of drug-likeness (QED) is 0.117. The Morgan fingerprint density at radius 1 is 1.03 bits per heavy atom. The molecule has 10 heteroatoms. The molecule has 5 N–H and O–H groups in total. The van der Waals surface area contributed by atoms with Crippen LogP contribution in [-0.4, -0.2) is 45.5 Å². The fraction of sp³-hybridized carbons (Fsp3) is 0.393. The number of nitrogens with zero attached hydrogens (tertiary/aromatic N) is 1. The van der Waals surface area contributed by atoms with Crippen molar-refractivity contribution in [3.05, 3.63) is 47.7 Å². The van der Waals surface area contributed by atoms with E-state index in [1.54, 1.807) is 42.7 Å². The van der Waals surface area contributed by atoms with E-state index in [0.717, 1.165) is 19.3 Å². The highest BCUT2D eigenvalue weighted by Gasteiger charge is 2.27. The molecule has 0 saturated heterocycles. The Morgan fingerprint density at radius 3 is 2.39 bits per heavy atom. The third kappa shape index (κ3) is 7.04. The second-order valence-corrected chi connectivity index (χ2v) is 9.25. The highest BCUT2D eigenvalue weighted by molar-refractivity contribution is 6.02. The summed E-state index contributed by atoms with van der Waals surface area (Å²) in [6, 6.07) is 10.1. The van der Waals surface area contributed by atoms with Crippen molar-refractivity contribution in [3.8, 4) is 39.7 Å². The first-order chi connectivity index (χ1) is 18.3. The molecular weight excluding hydrogens is 490 g/mol. The van der Waals surface area contributed by atoms with E-state index in [1.165, 1.54) is 6.07 Å². The van der Waals surface area contributed by atoms with E-state index in [2.05, 4.69) is 10.5 Å². The fourth-order valence-electron chi connectivity index (χ4n) is 4.08. The standard InChI is InChI=1S/C28H35N3O7/c1-4-29-28(35)26-25(27(38-31-26)21-15-20(17(2)3)22(32)16-23(21)33)18-10-12-19(13-11-18)37-14-8-6-5-7-9-24(34)30-36/h10-13,15-17,32-33,36H,4-9,14H2,1-3H3,(H,29,35)(H,30,34). The lowest BCUT2D eigenvalue weighted by atomic mass is 9.94. The SMILES string of the molecule is CCNC(=O)c1noc(-c2cc(C(C)C)c(O)cc2O)c1-c1ccc(OCCCCCCC(=O)NO)cc1. The molecule has 3 rings (SSSR count). The number of aromatic nitrogens is 1. The van der Waals surface area contributed by atoms with Gasteiger partial charge in [-0.15, -0.1) is 0 Å². The summed E-state index contributed by atoms with van der Waals surface area (Å²) in [5, 5.41) is 36.2. The first-order valence-corrected chi connectivity index (χ1v) is 12.8. The molecule has 0 spiro atoms. The first kappa shape index (κ1) is 28.5. The van der Waals surface area contributed by atoms with Gasteiger partial charge in [-0.3, -0.25) is 14.8 Å². The smallest absolute Gasteiger partial charge is 0.274 e.